The van der Waals surface area contributed by atoms with Crippen LogP contribution in [0.5, 0.6) is 0 Å². The summed E-state index contributed by atoms with van der Waals surface area (Å²) in [6.07, 6.45) is 17.1. The molecule has 5 rings (SSSR count). The van der Waals surface area contributed by atoms with Gasteiger partial charge in [-0.25, -0.2) is 4.79 Å². The minimum absolute atomic E-state index is 0.114. The Morgan fingerprint density at radius 1 is 1.11 bits per heavy atom. The van der Waals surface area contributed by atoms with E-state index in [0.717, 1.165) is 50.2 Å². The SMILES string of the molecule is CCN(CCCC12CC3CC(CC(C3)C1)C2)C(=O)NCCCc1ccncc1. The van der Waals surface area contributed by atoms with Gasteiger partial charge in [0.1, 0.15) is 0 Å². The van der Waals surface area contributed by atoms with Crippen LogP contribution in [0.25, 0.3) is 0 Å². The highest BCUT2D eigenvalue weighted by Gasteiger charge is 2.50. The van der Waals surface area contributed by atoms with Crippen molar-refractivity contribution in [3.63, 3.8) is 0 Å². The van der Waals surface area contributed by atoms with E-state index in [1.54, 1.807) is 0 Å². The molecular formula is C24H37N3O. The molecule has 0 spiro atoms. The first-order chi connectivity index (χ1) is 13.7. The van der Waals surface area contributed by atoms with Gasteiger partial charge in [-0.2, -0.15) is 0 Å². The number of hydrogen-bond donors (Lipinski definition) is 1. The molecule has 2 amide bonds. The average Bonchev–Trinajstić information content (AvgIpc) is 2.68. The molecule has 1 N–H and O–H groups in total. The molecule has 28 heavy (non-hydrogen) atoms. The molecule has 0 aromatic carbocycles. The highest BCUT2D eigenvalue weighted by Crippen LogP contribution is 2.61. The summed E-state index contributed by atoms with van der Waals surface area (Å²) in [4.78, 5) is 18.6. The second-order valence-electron chi connectivity index (χ2n) is 9.79. The van der Waals surface area contributed by atoms with Crippen molar-refractivity contribution >= 4 is 6.03 Å². The maximum absolute atomic E-state index is 12.5. The van der Waals surface area contributed by atoms with Gasteiger partial charge in [-0.1, -0.05) is 0 Å². The van der Waals surface area contributed by atoms with E-state index in [2.05, 4.69) is 17.2 Å². The Balaban J connectivity index is 1.16. The van der Waals surface area contributed by atoms with Crippen molar-refractivity contribution in [2.45, 2.75) is 71.1 Å². The number of nitrogens with one attached hydrogen (secondary N) is 1. The van der Waals surface area contributed by atoms with Crippen molar-refractivity contribution in [2.24, 2.45) is 23.2 Å². The van der Waals surface area contributed by atoms with Gasteiger partial charge < -0.3 is 10.2 Å². The Morgan fingerprint density at radius 2 is 1.75 bits per heavy atom. The van der Waals surface area contributed by atoms with E-state index < -0.39 is 0 Å². The topological polar surface area (TPSA) is 45.2 Å². The Bertz CT molecular complexity index is 609. The fourth-order valence-corrected chi connectivity index (χ4v) is 6.79. The smallest absolute Gasteiger partial charge is 0.317 e. The van der Waals surface area contributed by atoms with Crippen molar-refractivity contribution in [3.8, 4) is 0 Å². The third-order valence-electron chi connectivity index (χ3n) is 7.64. The van der Waals surface area contributed by atoms with Crippen LogP contribution in [0.1, 0.15) is 70.3 Å². The van der Waals surface area contributed by atoms with Gasteiger partial charge in [0.25, 0.3) is 0 Å². The molecule has 4 bridgehead atoms. The van der Waals surface area contributed by atoms with Crippen LogP contribution in [0.2, 0.25) is 0 Å². The normalized spacial score (nSPS) is 30.4. The van der Waals surface area contributed by atoms with Crippen LogP contribution in [0.15, 0.2) is 24.5 Å². The number of urea groups is 1. The van der Waals surface area contributed by atoms with Crippen LogP contribution < -0.4 is 5.32 Å². The molecule has 4 nitrogen and oxygen atoms in total. The second-order valence-corrected chi connectivity index (χ2v) is 9.79. The number of aromatic nitrogens is 1. The quantitative estimate of drug-likeness (QED) is 0.607. The molecule has 4 saturated carbocycles. The summed E-state index contributed by atoms with van der Waals surface area (Å²) >= 11 is 0. The van der Waals surface area contributed by atoms with Gasteiger partial charge in [0.2, 0.25) is 0 Å². The molecule has 4 aliphatic carbocycles. The Kier molecular flexibility index (Phi) is 6.22. The Morgan fingerprint density at radius 3 is 2.36 bits per heavy atom. The summed E-state index contributed by atoms with van der Waals surface area (Å²) < 4.78 is 0. The third kappa shape index (κ3) is 4.69. The van der Waals surface area contributed by atoms with Gasteiger partial charge in [-0.3, -0.25) is 4.98 Å². The number of rotatable bonds is 9. The molecule has 1 aromatic heterocycles. The Labute approximate surface area is 170 Å². The van der Waals surface area contributed by atoms with Crippen LogP contribution in [0.3, 0.4) is 0 Å². The van der Waals surface area contributed by atoms with Crippen molar-refractivity contribution in [1.29, 1.82) is 0 Å². The summed E-state index contributed by atoms with van der Waals surface area (Å²) in [6, 6.07) is 4.21. The monoisotopic (exact) mass is 383 g/mol. The lowest BCUT2D eigenvalue weighted by atomic mass is 9.48. The first-order valence-corrected chi connectivity index (χ1v) is 11.6. The summed E-state index contributed by atoms with van der Waals surface area (Å²) in [5.41, 5.74) is 1.92. The third-order valence-corrected chi connectivity index (χ3v) is 7.64. The zero-order valence-corrected chi connectivity index (χ0v) is 17.5. The maximum Gasteiger partial charge on any atom is 0.317 e. The minimum Gasteiger partial charge on any atom is -0.338 e. The molecule has 0 atom stereocenters. The van der Waals surface area contributed by atoms with Crippen LogP contribution in [0, 0.1) is 23.2 Å². The molecule has 4 fully saturated rings. The molecule has 0 radical (unpaired) electrons. The van der Waals surface area contributed by atoms with Crippen LogP contribution >= 0.6 is 0 Å². The fraction of sp³-hybridized carbons (Fsp3) is 0.750. The maximum atomic E-state index is 12.5. The predicted octanol–water partition coefficient (Wildman–Crippen LogP) is 5.04. The lowest BCUT2D eigenvalue weighted by Crippen LogP contribution is -2.46. The first kappa shape index (κ1) is 19.7. The number of carbonyl (C=O) groups excluding carboxylic acids is 1. The zero-order valence-electron chi connectivity index (χ0n) is 17.5. The number of hydrogen-bond acceptors (Lipinski definition) is 2. The van der Waals surface area contributed by atoms with Crippen LogP contribution in [0.4, 0.5) is 4.79 Å². The lowest BCUT2D eigenvalue weighted by molar-refractivity contribution is -0.0586. The van der Waals surface area contributed by atoms with Gasteiger partial charge in [0, 0.05) is 32.0 Å². The second kappa shape index (κ2) is 8.84. The molecule has 0 aliphatic heterocycles. The van der Waals surface area contributed by atoms with Gasteiger partial charge in [0.15, 0.2) is 0 Å². The van der Waals surface area contributed by atoms with Crippen LogP contribution in [-0.4, -0.2) is 35.5 Å². The number of nitrogens with zero attached hydrogens (tertiary/aromatic N) is 2. The number of carbonyl (C=O) groups is 1. The standard InChI is InChI=1S/C24H37N3O/c1-2-27(23(28)26-9-3-5-19-6-10-25-11-7-19)12-4-8-24-16-20-13-21(17-24)15-22(14-20)18-24/h6-7,10-11,20-22H,2-5,8-9,12-18H2,1H3,(H,26,28). The van der Waals surface area contributed by atoms with E-state index >= 15 is 0 Å². The molecule has 0 unspecified atom stereocenters. The molecule has 154 valence electrons. The molecule has 1 aromatic rings. The number of aryl methyl sites for hydroxylation is 1. The van der Waals surface area contributed by atoms with Crippen molar-refractivity contribution < 1.29 is 4.79 Å². The van der Waals surface area contributed by atoms with Crippen molar-refractivity contribution in [2.75, 3.05) is 19.6 Å². The largest absolute Gasteiger partial charge is 0.338 e. The fourth-order valence-electron chi connectivity index (χ4n) is 6.79. The summed E-state index contributed by atoms with van der Waals surface area (Å²) in [5.74, 6) is 3.08. The minimum atomic E-state index is 0.114. The molecule has 1 heterocycles. The van der Waals surface area contributed by atoms with E-state index in [1.165, 1.54) is 56.9 Å². The summed E-state index contributed by atoms with van der Waals surface area (Å²) in [6.45, 7) is 4.55. The van der Waals surface area contributed by atoms with E-state index in [0.29, 0.717) is 5.41 Å². The van der Waals surface area contributed by atoms with E-state index in [9.17, 15) is 4.79 Å². The predicted molar refractivity (Wildman–Crippen MR) is 113 cm³/mol. The summed E-state index contributed by atoms with van der Waals surface area (Å²) in [5, 5.41) is 3.12. The van der Waals surface area contributed by atoms with Gasteiger partial charge in [0.05, 0.1) is 0 Å². The average molecular weight is 384 g/mol. The zero-order chi connectivity index (χ0) is 19.4. The van der Waals surface area contributed by atoms with Gasteiger partial charge in [-0.05, 0) is 112 Å². The molecule has 4 heteroatoms. The highest BCUT2D eigenvalue weighted by molar-refractivity contribution is 5.74. The van der Waals surface area contributed by atoms with Crippen LogP contribution in [-0.2, 0) is 6.42 Å². The Hall–Kier alpha value is -1.58. The van der Waals surface area contributed by atoms with Gasteiger partial charge >= 0.3 is 6.03 Å². The summed E-state index contributed by atoms with van der Waals surface area (Å²) in [7, 11) is 0. The van der Waals surface area contributed by atoms with Crippen molar-refractivity contribution in [1.82, 2.24) is 15.2 Å². The highest BCUT2D eigenvalue weighted by atomic mass is 16.2. The molecule has 0 saturated heterocycles. The first-order valence-electron chi connectivity index (χ1n) is 11.6. The lowest BCUT2D eigenvalue weighted by Gasteiger charge is -2.57. The number of pyridine rings is 1. The molecule has 4 aliphatic rings. The van der Waals surface area contributed by atoms with E-state index in [4.69, 9.17) is 0 Å². The van der Waals surface area contributed by atoms with Gasteiger partial charge in [-0.15, -0.1) is 0 Å². The number of amides is 2. The van der Waals surface area contributed by atoms with E-state index in [1.807, 2.05) is 29.4 Å². The van der Waals surface area contributed by atoms with E-state index in [-0.39, 0.29) is 6.03 Å². The van der Waals surface area contributed by atoms with Crippen molar-refractivity contribution in [3.05, 3.63) is 30.1 Å². The molecular weight excluding hydrogens is 346 g/mol.